The van der Waals surface area contributed by atoms with Crippen molar-refractivity contribution >= 4 is 35.5 Å². The van der Waals surface area contributed by atoms with Crippen LogP contribution in [0.5, 0.6) is 0 Å². The molecule has 4 aliphatic heterocycles. The number of rotatable bonds is 7. The summed E-state index contributed by atoms with van der Waals surface area (Å²) in [4.78, 5) is 52.0. The summed E-state index contributed by atoms with van der Waals surface area (Å²) in [6, 6.07) is -2.02. The molecule has 0 aromatic carbocycles. The molecule has 4 heterocycles. The second-order valence-electron chi connectivity index (χ2n) is 9.44. The molecule has 0 aliphatic carbocycles. The van der Waals surface area contributed by atoms with Gasteiger partial charge in [-0.05, 0) is 13.3 Å². The standard InChI is InChI=1S/C21H28F2N4O7S/c1-7-14-13(8(2)25-18(30)17(22)23)20(32)27(14)15(21(33)34)16(7)35-9-3-10(24-4-9)19(31)26-5-11(28)12(29)6-26/h7-14,17,24,28-29H,3-6H2,1-2H3,(H,25,30)(H,33,34)/t7-,8?,9+,10+,11+,12+,13-,14-/m1/s1. The predicted octanol–water partition coefficient (Wildman–Crippen LogP) is -1.44. The molecule has 5 N–H and O–H groups in total. The SMILES string of the molecule is CC(NC(=O)C(F)F)[C@H]1C(=O)N2C(C(=O)O)=C(S[C@@H]3CN[C@H](C(=O)N4C[C@H](O)[C@@H](O)C4)C3)[C@H](C)[C@H]12. The molecular formula is C21H28F2N4O7S. The summed E-state index contributed by atoms with van der Waals surface area (Å²) >= 11 is 1.27. The molecule has 35 heavy (non-hydrogen) atoms. The van der Waals surface area contributed by atoms with Gasteiger partial charge in [0.15, 0.2) is 0 Å². The van der Waals surface area contributed by atoms with Crippen LogP contribution < -0.4 is 10.6 Å². The molecule has 0 spiro atoms. The third kappa shape index (κ3) is 4.52. The quantitative estimate of drug-likeness (QED) is 0.254. The number of alkyl halides is 2. The van der Waals surface area contributed by atoms with Gasteiger partial charge in [0, 0.05) is 41.7 Å². The van der Waals surface area contributed by atoms with Crippen LogP contribution in [0.25, 0.3) is 0 Å². The highest BCUT2D eigenvalue weighted by Gasteiger charge is 2.60. The van der Waals surface area contributed by atoms with Gasteiger partial charge in [0.25, 0.3) is 5.91 Å². The monoisotopic (exact) mass is 518 g/mol. The highest BCUT2D eigenvalue weighted by Crippen LogP contribution is 2.51. The zero-order valence-corrected chi connectivity index (χ0v) is 19.9. The number of amides is 3. The van der Waals surface area contributed by atoms with E-state index in [4.69, 9.17) is 0 Å². The van der Waals surface area contributed by atoms with Crippen LogP contribution in [-0.2, 0) is 19.2 Å². The van der Waals surface area contributed by atoms with Crippen molar-refractivity contribution in [2.45, 2.75) is 62.3 Å². The molecule has 4 rings (SSSR count). The number of carboxylic acid groups (broad SMARTS) is 1. The molecule has 0 saturated carbocycles. The zero-order chi connectivity index (χ0) is 25.8. The minimum Gasteiger partial charge on any atom is -0.477 e. The Morgan fingerprint density at radius 1 is 1.20 bits per heavy atom. The summed E-state index contributed by atoms with van der Waals surface area (Å²) in [6.45, 7) is 3.70. The molecule has 3 amide bonds. The molecule has 8 atom stereocenters. The number of carbonyl (C=O) groups is 4. The van der Waals surface area contributed by atoms with Crippen molar-refractivity contribution in [3.05, 3.63) is 10.6 Å². The van der Waals surface area contributed by atoms with Gasteiger partial charge in [0.2, 0.25) is 11.8 Å². The minimum absolute atomic E-state index is 0.0434. The lowest BCUT2D eigenvalue weighted by molar-refractivity contribution is -0.159. The number of thioether (sulfide) groups is 1. The normalized spacial score (nSPS) is 35.4. The number of aliphatic carboxylic acids is 1. The van der Waals surface area contributed by atoms with E-state index in [1.165, 1.54) is 28.5 Å². The molecule has 11 nitrogen and oxygen atoms in total. The lowest BCUT2D eigenvalue weighted by Crippen LogP contribution is -2.66. The third-order valence-corrected chi connectivity index (χ3v) is 8.66. The summed E-state index contributed by atoms with van der Waals surface area (Å²) in [6.07, 6.45) is -4.81. The Morgan fingerprint density at radius 2 is 1.83 bits per heavy atom. The van der Waals surface area contributed by atoms with E-state index in [0.717, 1.165) is 0 Å². The predicted molar refractivity (Wildman–Crippen MR) is 118 cm³/mol. The number of carbonyl (C=O) groups excluding carboxylic acids is 3. The van der Waals surface area contributed by atoms with E-state index in [-0.39, 0.29) is 29.9 Å². The number of β-lactam (4-membered cyclic amide) rings is 1. The molecule has 14 heteroatoms. The second kappa shape index (κ2) is 9.64. The van der Waals surface area contributed by atoms with Crippen LogP contribution in [-0.4, -0.2) is 110 Å². The fraction of sp³-hybridized carbons (Fsp3) is 0.714. The number of fused-ring (bicyclic) bond motifs is 1. The lowest BCUT2D eigenvalue weighted by atomic mass is 9.78. The highest BCUT2D eigenvalue weighted by molar-refractivity contribution is 8.03. The van der Waals surface area contributed by atoms with Crippen LogP contribution in [0.4, 0.5) is 8.78 Å². The number of hydrogen-bond donors (Lipinski definition) is 5. The minimum atomic E-state index is -3.22. The van der Waals surface area contributed by atoms with E-state index >= 15 is 0 Å². The first-order chi connectivity index (χ1) is 16.4. The summed E-state index contributed by atoms with van der Waals surface area (Å²) < 4.78 is 25.3. The zero-order valence-electron chi connectivity index (χ0n) is 19.1. The lowest BCUT2D eigenvalue weighted by Gasteiger charge is -2.47. The summed E-state index contributed by atoms with van der Waals surface area (Å²) in [5.74, 6) is -4.79. The Kier molecular flexibility index (Phi) is 7.10. The number of carboxylic acids is 1. The maximum absolute atomic E-state index is 12.8. The van der Waals surface area contributed by atoms with Crippen LogP contribution in [0.15, 0.2) is 10.6 Å². The Hall–Kier alpha value is -2.29. The molecular weight excluding hydrogens is 490 g/mol. The van der Waals surface area contributed by atoms with Gasteiger partial charge < -0.3 is 35.8 Å². The molecule has 3 saturated heterocycles. The number of aliphatic hydroxyl groups excluding tert-OH is 2. The number of hydrogen-bond acceptors (Lipinski definition) is 8. The average Bonchev–Trinajstić information content (AvgIpc) is 3.44. The summed E-state index contributed by atoms with van der Waals surface area (Å²) in [5.41, 5.74) is -0.151. The van der Waals surface area contributed by atoms with Crippen molar-refractivity contribution < 1.29 is 43.3 Å². The Balaban J connectivity index is 1.44. The van der Waals surface area contributed by atoms with E-state index in [1.807, 2.05) is 0 Å². The number of aliphatic hydroxyl groups is 2. The fourth-order valence-electron chi connectivity index (χ4n) is 5.40. The Bertz CT molecular complexity index is 956. The van der Waals surface area contributed by atoms with Crippen molar-refractivity contribution in [3.8, 4) is 0 Å². The molecule has 0 aromatic rings. The molecule has 1 unspecified atom stereocenters. The van der Waals surface area contributed by atoms with Crippen LogP contribution in [0.2, 0.25) is 0 Å². The van der Waals surface area contributed by atoms with Gasteiger partial charge in [-0.25, -0.2) is 4.79 Å². The van der Waals surface area contributed by atoms with E-state index in [2.05, 4.69) is 10.6 Å². The largest absolute Gasteiger partial charge is 0.477 e. The van der Waals surface area contributed by atoms with Crippen LogP contribution in [0.3, 0.4) is 0 Å². The number of nitrogens with one attached hydrogen (secondary N) is 2. The van der Waals surface area contributed by atoms with Gasteiger partial charge in [-0.1, -0.05) is 6.92 Å². The van der Waals surface area contributed by atoms with Crippen molar-refractivity contribution in [1.82, 2.24) is 20.4 Å². The second-order valence-corrected chi connectivity index (χ2v) is 10.8. The average molecular weight is 519 g/mol. The molecule has 0 aromatic heterocycles. The van der Waals surface area contributed by atoms with E-state index < -0.39 is 66.4 Å². The van der Waals surface area contributed by atoms with Crippen molar-refractivity contribution in [2.24, 2.45) is 11.8 Å². The first-order valence-corrected chi connectivity index (χ1v) is 12.2. The first kappa shape index (κ1) is 25.8. The van der Waals surface area contributed by atoms with Crippen molar-refractivity contribution in [2.75, 3.05) is 19.6 Å². The summed E-state index contributed by atoms with van der Waals surface area (Å²) in [5, 5.41) is 34.3. The van der Waals surface area contributed by atoms with E-state index in [0.29, 0.717) is 17.9 Å². The van der Waals surface area contributed by atoms with Crippen LogP contribution in [0.1, 0.15) is 20.3 Å². The molecule has 0 radical (unpaired) electrons. The van der Waals surface area contributed by atoms with E-state index in [1.54, 1.807) is 6.92 Å². The van der Waals surface area contributed by atoms with Crippen molar-refractivity contribution in [3.63, 3.8) is 0 Å². The van der Waals surface area contributed by atoms with Gasteiger partial charge >= 0.3 is 12.4 Å². The smallest absolute Gasteiger partial charge is 0.353 e. The molecule has 3 fully saturated rings. The molecule has 4 aliphatic rings. The molecule has 0 bridgehead atoms. The van der Waals surface area contributed by atoms with Gasteiger partial charge in [0.05, 0.1) is 30.2 Å². The van der Waals surface area contributed by atoms with Crippen molar-refractivity contribution in [1.29, 1.82) is 0 Å². The maximum atomic E-state index is 12.8. The first-order valence-electron chi connectivity index (χ1n) is 11.4. The third-order valence-electron chi connectivity index (χ3n) is 7.15. The van der Waals surface area contributed by atoms with Gasteiger partial charge in [-0.3, -0.25) is 14.4 Å². The maximum Gasteiger partial charge on any atom is 0.353 e. The fourth-order valence-corrected chi connectivity index (χ4v) is 6.88. The summed E-state index contributed by atoms with van der Waals surface area (Å²) in [7, 11) is 0. The topological polar surface area (TPSA) is 160 Å². The number of nitrogens with zero attached hydrogens (tertiary/aromatic N) is 2. The molecule has 194 valence electrons. The Labute approximate surface area is 203 Å². The number of likely N-dealkylation sites (tertiary alicyclic amines) is 1. The number of halogens is 2. The van der Waals surface area contributed by atoms with Gasteiger partial charge in [-0.2, -0.15) is 8.78 Å². The van der Waals surface area contributed by atoms with Crippen LogP contribution >= 0.6 is 11.8 Å². The highest BCUT2D eigenvalue weighted by atomic mass is 32.2. The van der Waals surface area contributed by atoms with E-state index in [9.17, 15) is 43.3 Å². The van der Waals surface area contributed by atoms with Gasteiger partial charge in [-0.15, -0.1) is 11.8 Å². The Morgan fingerprint density at radius 3 is 2.40 bits per heavy atom. The van der Waals surface area contributed by atoms with Crippen LogP contribution in [0, 0.1) is 11.8 Å². The number of β-amino-alcohol motifs (C(OH)–C–C–N with tert-alkyl or cyclic N) is 2. The van der Waals surface area contributed by atoms with Gasteiger partial charge in [0.1, 0.15) is 5.70 Å².